The number of nitrogens with zero attached hydrogens (tertiary/aromatic N) is 2. The van der Waals surface area contributed by atoms with Gasteiger partial charge in [0, 0.05) is 5.56 Å². The molecular weight excluding hydrogens is 250 g/mol. The molecule has 0 bridgehead atoms. The Hall–Kier alpha value is -1.75. The minimum absolute atomic E-state index is 0.161. The van der Waals surface area contributed by atoms with Crippen LogP contribution in [0.4, 0.5) is 8.78 Å². The van der Waals surface area contributed by atoms with Gasteiger partial charge in [0.2, 0.25) is 0 Å². The Labute approximate surface area is 110 Å². The van der Waals surface area contributed by atoms with E-state index in [0.29, 0.717) is 5.69 Å². The molecule has 5 heteroatoms. The zero-order chi connectivity index (χ0) is 14.2. The molecule has 0 amide bonds. The average Bonchev–Trinajstić information content (AvgIpc) is 2.71. The highest BCUT2D eigenvalue weighted by Gasteiger charge is 2.22. The van der Waals surface area contributed by atoms with Crippen LogP contribution in [0.1, 0.15) is 34.4 Å². The third kappa shape index (κ3) is 2.38. The van der Waals surface area contributed by atoms with Crippen molar-refractivity contribution in [3.05, 3.63) is 46.3 Å². The quantitative estimate of drug-likeness (QED) is 0.926. The van der Waals surface area contributed by atoms with Crippen LogP contribution in [0.2, 0.25) is 0 Å². The molecule has 3 nitrogen and oxygen atoms in total. The van der Waals surface area contributed by atoms with Gasteiger partial charge in [0.05, 0.1) is 18.5 Å². The summed E-state index contributed by atoms with van der Waals surface area (Å²) in [5, 5.41) is 13.1. The van der Waals surface area contributed by atoms with Crippen LogP contribution < -0.4 is 0 Å². The standard InChI is InChI=1S/C14H16F2N2O/c1-8-4-9(2)12(10(3)5-8)18-13(14(15)16)11(7-19)6-17-18/h4-6,14,19H,7H2,1-3H3. The number of hydrogen-bond donors (Lipinski definition) is 1. The van der Waals surface area contributed by atoms with Gasteiger partial charge in [-0.3, -0.25) is 0 Å². The van der Waals surface area contributed by atoms with E-state index in [1.54, 1.807) is 0 Å². The number of halogens is 2. The molecule has 0 atom stereocenters. The third-order valence-corrected chi connectivity index (χ3v) is 3.11. The molecule has 1 heterocycles. The zero-order valence-corrected chi connectivity index (χ0v) is 11.1. The first-order valence-corrected chi connectivity index (χ1v) is 5.99. The Balaban J connectivity index is 2.69. The molecule has 0 aliphatic heterocycles. The van der Waals surface area contributed by atoms with E-state index in [4.69, 9.17) is 5.11 Å². The normalized spacial score (nSPS) is 11.3. The van der Waals surface area contributed by atoms with Crippen LogP contribution in [-0.4, -0.2) is 14.9 Å². The Morgan fingerprint density at radius 3 is 2.26 bits per heavy atom. The molecule has 2 rings (SSSR count). The van der Waals surface area contributed by atoms with Crippen molar-refractivity contribution in [3.8, 4) is 5.69 Å². The molecule has 19 heavy (non-hydrogen) atoms. The first kappa shape index (κ1) is 13.7. The second-order valence-corrected chi connectivity index (χ2v) is 4.67. The predicted molar refractivity (Wildman–Crippen MR) is 68.7 cm³/mol. The number of aryl methyl sites for hydroxylation is 3. The van der Waals surface area contributed by atoms with Crippen LogP contribution >= 0.6 is 0 Å². The fourth-order valence-corrected chi connectivity index (χ4v) is 2.43. The maximum Gasteiger partial charge on any atom is 0.280 e. The van der Waals surface area contributed by atoms with Crippen LogP contribution in [0.15, 0.2) is 18.3 Å². The second-order valence-electron chi connectivity index (χ2n) is 4.67. The minimum atomic E-state index is -2.68. The summed E-state index contributed by atoms with van der Waals surface area (Å²) in [5.41, 5.74) is 3.42. The first-order chi connectivity index (χ1) is 8.95. The van der Waals surface area contributed by atoms with Gasteiger partial charge >= 0.3 is 0 Å². The highest BCUT2D eigenvalue weighted by atomic mass is 19.3. The van der Waals surface area contributed by atoms with Gasteiger partial charge in [0.15, 0.2) is 0 Å². The van der Waals surface area contributed by atoms with Crippen molar-refractivity contribution in [2.24, 2.45) is 0 Å². The maximum absolute atomic E-state index is 13.2. The molecule has 1 aromatic carbocycles. The summed E-state index contributed by atoms with van der Waals surface area (Å²) in [6, 6.07) is 3.86. The lowest BCUT2D eigenvalue weighted by Gasteiger charge is -2.14. The van der Waals surface area contributed by atoms with Gasteiger partial charge in [-0.15, -0.1) is 0 Å². The van der Waals surface area contributed by atoms with Crippen molar-refractivity contribution in [2.75, 3.05) is 0 Å². The smallest absolute Gasteiger partial charge is 0.280 e. The Morgan fingerprint density at radius 2 is 1.79 bits per heavy atom. The Kier molecular flexibility index (Phi) is 3.66. The van der Waals surface area contributed by atoms with Gasteiger partial charge in [0.25, 0.3) is 6.43 Å². The van der Waals surface area contributed by atoms with Crippen LogP contribution in [0.3, 0.4) is 0 Å². The number of rotatable bonds is 3. The van der Waals surface area contributed by atoms with E-state index >= 15 is 0 Å². The molecule has 0 aliphatic carbocycles. The fraction of sp³-hybridized carbons (Fsp3) is 0.357. The highest BCUT2D eigenvalue weighted by Crippen LogP contribution is 2.29. The summed E-state index contributed by atoms with van der Waals surface area (Å²) >= 11 is 0. The average molecular weight is 266 g/mol. The first-order valence-electron chi connectivity index (χ1n) is 5.99. The predicted octanol–water partition coefficient (Wildman–Crippen LogP) is 3.23. The summed E-state index contributed by atoms with van der Waals surface area (Å²) in [7, 11) is 0. The molecule has 0 aliphatic rings. The summed E-state index contributed by atoms with van der Waals surface area (Å²) in [5.74, 6) is 0. The van der Waals surface area contributed by atoms with Gasteiger partial charge < -0.3 is 5.11 Å². The minimum Gasteiger partial charge on any atom is -0.392 e. The van der Waals surface area contributed by atoms with Crippen molar-refractivity contribution < 1.29 is 13.9 Å². The highest BCUT2D eigenvalue weighted by molar-refractivity contribution is 5.50. The molecular formula is C14H16F2N2O. The van der Waals surface area contributed by atoms with Gasteiger partial charge in [-0.05, 0) is 31.9 Å². The number of aliphatic hydroxyl groups is 1. The molecule has 0 radical (unpaired) electrons. The maximum atomic E-state index is 13.2. The number of benzene rings is 1. The number of aliphatic hydroxyl groups excluding tert-OH is 1. The summed E-state index contributed by atoms with van der Waals surface area (Å²) in [6.45, 7) is 5.25. The largest absolute Gasteiger partial charge is 0.392 e. The van der Waals surface area contributed by atoms with Crippen molar-refractivity contribution in [1.29, 1.82) is 0 Å². The van der Waals surface area contributed by atoms with Gasteiger partial charge in [-0.2, -0.15) is 5.10 Å². The van der Waals surface area contributed by atoms with Gasteiger partial charge in [-0.25, -0.2) is 13.5 Å². The van der Waals surface area contributed by atoms with E-state index < -0.39 is 13.0 Å². The van der Waals surface area contributed by atoms with Crippen LogP contribution in [-0.2, 0) is 6.61 Å². The lowest BCUT2D eigenvalue weighted by molar-refractivity contribution is 0.138. The number of alkyl halides is 2. The van der Waals surface area contributed by atoms with Crippen LogP contribution in [0.25, 0.3) is 5.69 Å². The lowest BCUT2D eigenvalue weighted by Crippen LogP contribution is -2.08. The molecule has 0 saturated carbocycles. The summed E-state index contributed by atoms with van der Waals surface area (Å²) < 4.78 is 27.6. The van der Waals surface area contributed by atoms with E-state index in [-0.39, 0.29) is 11.3 Å². The zero-order valence-electron chi connectivity index (χ0n) is 11.1. The van der Waals surface area contributed by atoms with Gasteiger partial charge in [0.1, 0.15) is 5.69 Å². The molecule has 102 valence electrons. The topological polar surface area (TPSA) is 38.0 Å². The molecule has 1 aromatic heterocycles. The lowest BCUT2D eigenvalue weighted by atomic mass is 10.0. The van der Waals surface area contributed by atoms with E-state index in [1.165, 1.54) is 10.9 Å². The summed E-state index contributed by atoms with van der Waals surface area (Å²) in [6.07, 6.45) is -1.38. The Bertz CT molecular complexity index is 582. The third-order valence-electron chi connectivity index (χ3n) is 3.11. The van der Waals surface area contributed by atoms with Gasteiger partial charge in [-0.1, -0.05) is 17.7 Å². The summed E-state index contributed by atoms with van der Waals surface area (Å²) in [4.78, 5) is 0. The molecule has 0 saturated heterocycles. The molecule has 0 spiro atoms. The second kappa shape index (κ2) is 5.09. The van der Waals surface area contributed by atoms with E-state index in [9.17, 15) is 8.78 Å². The monoisotopic (exact) mass is 266 g/mol. The van der Waals surface area contributed by atoms with E-state index in [2.05, 4.69) is 5.10 Å². The van der Waals surface area contributed by atoms with Crippen molar-refractivity contribution in [1.82, 2.24) is 9.78 Å². The number of aromatic nitrogens is 2. The van der Waals surface area contributed by atoms with E-state index in [1.807, 2.05) is 32.9 Å². The van der Waals surface area contributed by atoms with Crippen LogP contribution in [0.5, 0.6) is 0 Å². The molecule has 0 fully saturated rings. The van der Waals surface area contributed by atoms with Crippen molar-refractivity contribution >= 4 is 0 Å². The fourth-order valence-electron chi connectivity index (χ4n) is 2.43. The molecule has 1 N–H and O–H groups in total. The number of hydrogen-bond acceptors (Lipinski definition) is 2. The van der Waals surface area contributed by atoms with E-state index in [0.717, 1.165) is 16.7 Å². The SMILES string of the molecule is Cc1cc(C)c(-n2ncc(CO)c2C(F)F)c(C)c1. The molecule has 2 aromatic rings. The van der Waals surface area contributed by atoms with Crippen molar-refractivity contribution in [2.45, 2.75) is 33.8 Å². The van der Waals surface area contributed by atoms with Crippen molar-refractivity contribution in [3.63, 3.8) is 0 Å². The Morgan fingerprint density at radius 1 is 1.21 bits per heavy atom. The van der Waals surface area contributed by atoms with Crippen LogP contribution in [0, 0.1) is 20.8 Å². The molecule has 0 unspecified atom stereocenters.